The lowest BCUT2D eigenvalue weighted by Crippen LogP contribution is -2.21. The van der Waals surface area contributed by atoms with Crippen LogP contribution in [0.4, 0.5) is 0 Å². The summed E-state index contributed by atoms with van der Waals surface area (Å²) in [6.45, 7) is 0. The summed E-state index contributed by atoms with van der Waals surface area (Å²) in [4.78, 5) is 10.9. The van der Waals surface area contributed by atoms with Crippen LogP contribution in [0.5, 0.6) is 0 Å². The highest BCUT2D eigenvalue weighted by Gasteiger charge is 2.15. The van der Waals surface area contributed by atoms with E-state index in [2.05, 4.69) is 0 Å². The minimum absolute atomic E-state index is 0.123. The summed E-state index contributed by atoms with van der Waals surface area (Å²) in [7, 11) is 0. The van der Waals surface area contributed by atoms with Crippen LogP contribution in [-0.4, -0.2) is 5.91 Å². The average molecular weight is 230 g/mol. The normalized spacial score (nSPS) is 12.3. The van der Waals surface area contributed by atoms with Crippen LogP contribution in [-0.2, 0) is 4.79 Å². The third-order valence-electron chi connectivity index (χ3n) is 2.57. The smallest absolute Gasteiger partial charge is 0.219 e. The van der Waals surface area contributed by atoms with E-state index in [1.165, 1.54) is 0 Å². The van der Waals surface area contributed by atoms with Crippen LogP contribution in [0.2, 0.25) is 0 Å². The first-order chi connectivity index (χ1) is 8.18. The van der Waals surface area contributed by atoms with E-state index < -0.39 is 11.9 Å². The molecule has 4 nitrogen and oxygen atoms in total. The lowest BCUT2D eigenvalue weighted by atomic mass is 9.97. The van der Waals surface area contributed by atoms with E-state index in [9.17, 15) is 4.79 Å². The van der Waals surface area contributed by atoms with Crippen molar-refractivity contribution in [2.75, 3.05) is 0 Å². The first kappa shape index (κ1) is 11.4. The third-order valence-corrected chi connectivity index (χ3v) is 2.57. The summed E-state index contributed by atoms with van der Waals surface area (Å²) in [6, 6.07) is 10.8. The van der Waals surface area contributed by atoms with Crippen LogP contribution in [0, 0.1) is 0 Å². The molecule has 1 amide bonds. The Hall–Kier alpha value is -2.07. The Morgan fingerprint density at radius 1 is 1.24 bits per heavy atom. The number of benzene rings is 1. The molecule has 1 heterocycles. The first-order valence-electron chi connectivity index (χ1n) is 5.35. The summed E-state index contributed by atoms with van der Waals surface area (Å²) >= 11 is 0. The molecule has 1 aromatic carbocycles. The predicted molar refractivity (Wildman–Crippen MR) is 64.9 cm³/mol. The van der Waals surface area contributed by atoms with Crippen molar-refractivity contribution >= 4 is 5.91 Å². The number of hydrogen-bond acceptors (Lipinski definition) is 3. The molecule has 0 aliphatic carbocycles. The molecule has 0 saturated carbocycles. The van der Waals surface area contributed by atoms with Gasteiger partial charge in [0.2, 0.25) is 5.91 Å². The molecule has 4 heteroatoms. The largest absolute Gasteiger partial charge is 0.464 e. The van der Waals surface area contributed by atoms with Crippen molar-refractivity contribution in [1.82, 2.24) is 0 Å². The molecule has 0 spiro atoms. The quantitative estimate of drug-likeness (QED) is 0.840. The Labute approximate surface area is 99.2 Å². The van der Waals surface area contributed by atoms with Crippen molar-refractivity contribution in [2.24, 2.45) is 11.5 Å². The number of carbonyl (C=O) groups excluding carboxylic acids is 1. The monoisotopic (exact) mass is 230 g/mol. The van der Waals surface area contributed by atoms with Gasteiger partial charge in [-0.25, -0.2) is 0 Å². The van der Waals surface area contributed by atoms with E-state index in [-0.39, 0.29) is 6.42 Å². The Kier molecular flexibility index (Phi) is 3.25. The molecule has 1 atom stereocenters. The van der Waals surface area contributed by atoms with Crippen molar-refractivity contribution in [2.45, 2.75) is 12.5 Å². The molecule has 1 unspecified atom stereocenters. The molecule has 2 rings (SSSR count). The zero-order chi connectivity index (χ0) is 12.3. The number of carbonyl (C=O) groups is 1. The van der Waals surface area contributed by atoms with E-state index >= 15 is 0 Å². The zero-order valence-electron chi connectivity index (χ0n) is 9.30. The molecule has 0 bridgehead atoms. The van der Waals surface area contributed by atoms with Gasteiger partial charge in [0, 0.05) is 18.0 Å². The van der Waals surface area contributed by atoms with Gasteiger partial charge in [0.1, 0.15) is 5.76 Å². The number of furan rings is 1. The molecular weight excluding hydrogens is 216 g/mol. The second-order valence-corrected chi connectivity index (χ2v) is 3.84. The van der Waals surface area contributed by atoms with Crippen LogP contribution in [0.3, 0.4) is 0 Å². The van der Waals surface area contributed by atoms with E-state index in [4.69, 9.17) is 15.9 Å². The molecule has 0 aliphatic heterocycles. The number of primary amides is 1. The fourth-order valence-corrected chi connectivity index (χ4v) is 1.80. The van der Waals surface area contributed by atoms with Gasteiger partial charge in [-0.3, -0.25) is 4.79 Å². The lowest BCUT2D eigenvalue weighted by molar-refractivity contribution is -0.118. The van der Waals surface area contributed by atoms with Gasteiger partial charge in [0.15, 0.2) is 0 Å². The second-order valence-electron chi connectivity index (χ2n) is 3.84. The fraction of sp³-hybridized carbons (Fsp3) is 0.154. The Balaban J connectivity index is 2.37. The summed E-state index contributed by atoms with van der Waals surface area (Å²) in [6.07, 6.45) is 1.73. The summed E-state index contributed by atoms with van der Waals surface area (Å²) in [5.41, 5.74) is 12.9. The summed E-state index contributed by atoms with van der Waals surface area (Å²) in [5, 5.41) is 0. The molecule has 0 radical (unpaired) electrons. The Morgan fingerprint density at radius 2 is 2.00 bits per heavy atom. The van der Waals surface area contributed by atoms with Crippen molar-refractivity contribution < 1.29 is 9.21 Å². The minimum atomic E-state index is -0.410. The topological polar surface area (TPSA) is 82.2 Å². The molecule has 17 heavy (non-hydrogen) atoms. The molecule has 88 valence electrons. The van der Waals surface area contributed by atoms with Crippen molar-refractivity contribution in [3.05, 3.63) is 48.2 Å². The van der Waals surface area contributed by atoms with Crippen molar-refractivity contribution in [1.29, 1.82) is 0 Å². The maximum absolute atomic E-state index is 10.9. The zero-order valence-corrected chi connectivity index (χ0v) is 9.30. The SMILES string of the molecule is NC(=O)CC(N)c1ccccc1-c1ccco1. The second kappa shape index (κ2) is 4.84. The fourth-order valence-electron chi connectivity index (χ4n) is 1.80. The van der Waals surface area contributed by atoms with Crippen LogP contribution < -0.4 is 11.5 Å². The van der Waals surface area contributed by atoms with E-state index in [1.807, 2.05) is 36.4 Å². The standard InChI is InChI=1S/C13H14N2O2/c14-11(8-13(15)16)9-4-1-2-5-10(9)12-6-3-7-17-12/h1-7,11H,8,14H2,(H2,15,16). The molecule has 0 fully saturated rings. The maximum Gasteiger partial charge on any atom is 0.219 e. The maximum atomic E-state index is 10.9. The van der Waals surface area contributed by atoms with Crippen LogP contribution >= 0.6 is 0 Å². The molecule has 2 aromatic rings. The Bertz CT molecular complexity index is 506. The van der Waals surface area contributed by atoms with Gasteiger partial charge in [0.05, 0.1) is 6.26 Å². The van der Waals surface area contributed by atoms with Gasteiger partial charge in [-0.2, -0.15) is 0 Å². The molecule has 0 saturated heterocycles. The van der Waals surface area contributed by atoms with Gasteiger partial charge in [-0.15, -0.1) is 0 Å². The van der Waals surface area contributed by atoms with Crippen LogP contribution in [0.1, 0.15) is 18.0 Å². The van der Waals surface area contributed by atoms with Crippen molar-refractivity contribution in [3.8, 4) is 11.3 Å². The third kappa shape index (κ3) is 2.54. The number of rotatable bonds is 4. The van der Waals surface area contributed by atoms with E-state index in [0.717, 1.165) is 16.9 Å². The van der Waals surface area contributed by atoms with Gasteiger partial charge >= 0.3 is 0 Å². The average Bonchev–Trinajstić information content (AvgIpc) is 2.81. The molecular formula is C13H14N2O2. The summed E-state index contributed by atoms with van der Waals surface area (Å²) in [5.74, 6) is 0.326. The van der Waals surface area contributed by atoms with Gasteiger partial charge in [0.25, 0.3) is 0 Å². The van der Waals surface area contributed by atoms with Crippen molar-refractivity contribution in [3.63, 3.8) is 0 Å². The molecule has 0 aliphatic rings. The number of hydrogen-bond donors (Lipinski definition) is 2. The Morgan fingerprint density at radius 3 is 2.65 bits per heavy atom. The van der Waals surface area contributed by atoms with E-state index in [0.29, 0.717) is 0 Å². The molecule has 1 aromatic heterocycles. The minimum Gasteiger partial charge on any atom is -0.464 e. The highest BCUT2D eigenvalue weighted by atomic mass is 16.3. The summed E-state index contributed by atoms with van der Waals surface area (Å²) < 4.78 is 5.34. The highest BCUT2D eigenvalue weighted by Crippen LogP contribution is 2.28. The van der Waals surface area contributed by atoms with Gasteiger partial charge < -0.3 is 15.9 Å². The highest BCUT2D eigenvalue weighted by molar-refractivity contribution is 5.75. The number of nitrogens with two attached hydrogens (primary N) is 2. The molecule has 4 N–H and O–H groups in total. The first-order valence-corrected chi connectivity index (χ1v) is 5.35. The van der Waals surface area contributed by atoms with E-state index in [1.54, 1.807) is 6.26 Å². The lowest BCUT2D eigenvalue weighted by Gasteiger charge is -2.13. The van der Waals surface area contributed by atoms with Crippen LogP contribution in [0.25, 0.3) is 11.3 Å². The predicted octanol–water partition coefficient (Wildman–Crippen LogP) is 1.82. The van der Waals surface area contributed by atoms with Gasteiger partial charge in [-0.1, -0.05) is 24.3 Å². The van der Waals surface area contributed by atoms with Crippen LogP contribution in [0.15, 0.2) is 47.1 Å². The van der Waals surface area contributed by atoms with Gasteiger partial charge in [-0.05, 0) is 17.7 Å². The number of amides is 1.